The van der Waals surface area contributed by atoms with Gasteiger partial charge in [0.15, 0.2) is 0 Å². The molecular weight excluding hydrogens is 545 g/mol. The van der Waals surface area contributed by atoms with E-state index in [4.69, 9.17) is 9.72 Å². The fraction of sp³-hybridized carbons (Fsp3) is 0.484. The average molecular weight is 581 g/mol. The van der Waals surface area contributed by atoms with Crippen LogP contribution in [0.5, 0.6) is 5.88 Å². The Kier molecular flexibility index (Phi) is 7.55. The third kappa shape index (κ3) is 4.87. The van der Waals surface area contributed by atoms with Crippen LogP contribution in [-0.4, -0.2) is 71.1 Å². The standard InChI is InChI=1S/C31H35F3N6O2/c1-3-20-18-39(27-24(31(32,33)34)8-6-13-36-27)16-12-30(20)19-40(21-11-15-35-17-21)29(41)26-23(30)9-10-25(38-26)22-7-5-14-37-28(22)42-4-2/h5-10,13-14,20-21,35H,3-4,11-12,15-19H2,1-2H3/t20?,21-,30?/m1/s1. The van der Waals surface area contributed by atoms with Gasteiger partial charge in [0, 0.05) is 50.0 Å². The molecule has 3 atom stereocenters. The first kappa shape index (κ1) is 28.4. The minimum atomic E-state index is -4.50. The van der Waals surface area contributed by atoms with Crippen molar-refractivity contribution >= 4 is 11.7 Å². The predicted octanol–water partition coefficient (Wildman–Crippen LogP) is 4.95. The summed E-state index contributed by atoms with van der Waals surface area (Å²) < 4.78 is 47.5. The van der Waals surface area contributed by atoms with E-state index in [-0.39, 0.29) is 23.7 Å². The number of alkyl halides is 3. The molecule has 0 bridgehead atoms. The highest BCUT2D eigenvalue weighted by atomic mass is 19.4. The molecule has 222 valence electrons. The molecule has 0 saturated carbocycles. The molecule has 6 rings (SSSR count). The quantitative estimate of drug-likeness (QED) is 0.442. The summed E-state index contributed by atoms with van der Waals surface area (Å²) in [4.78, 5) is 31.3. The number of pyridine rings is 3. The van der Waals surface area contributed by atoms with Gasteiger partial charge >= 0.3 is 6.18 Å². The lowest BCUT2D eigenvalue weighted by molar-refractivity contribution is -0.137. The van der Waals surface area contributed by atoms with Crippen LogP contribution in [0.1, 0.15) is 54.7 Å². The van der Waals surface area contributed by atoms with E-state index in [2.05, 4.69) is 22.2 Å². The van der Waals surface area contributed by atoms with Crippen LogP contribution in [0.25, 0.3) is 11.3 Å². The number of amides is 1. The van der Waals surface area contributed by atoms with Crippen LogP contribution in [0.4, 0.5) is 19.0 Å². The maximum absolute atomic E-state index is 14.1. The van der Waals surface area contributed by atoms with Crippen molar-refractivity contribution < 1.29 is 22.7 Å². The van der Waals surface area contributed by atoms with Crippen LogP contribution in [0.2, 0.25) is 0 Å². The normalized spacial score (nSPS) is 24.3. The van der Waals surface area contributed by atoms with Crippen LogP contribution in [0.3, 0.4) is 0 Å². The maximum Gasteiger partial charge on any atom is 0.419 e. The van der Waals surface area contributed by atoms with Crippen molar-refractivity contribution in [3.63, 3.8) is 0 Å². The summed E-state index contributed by atoms with van der Waals surface area (Å²) in [6.45, 7) is 7.26. The Morgan fingerprint density at radius 1 is 1.12 bits per heavy atom. The molecule has 6 heterocycles. The molecule has 1 N–H and O–H groups in total. The van der Waals surface area contributed by atoms with Crippen molar-refractivity contribution in [2.24, 2.45) is 5.92 Å². The van der Waals surface area contributed by atoms with Crippen molar-refractivity contribution in [1.29, 1.82) is 0 Å². The van der Waals surface area contributed by atoms with Gasteiger partial charge in [-0.3, -0.25) is 4.79 Å². The van der Waals surface area contributed by atoms with Gasteiger partial charge in [-0.15, -0.1) is 0 Å². The Hall–Kier alpha value is -3.73. The van der Waals surface area contributed by atoms with Gasteiger partial charge in [0.25, 0.3) is 5.91 Å². The molecule has 8 nitrogen and oxygen atoms in total. The zero-order valence-electron chi connectivity index (χ0n) is 23.8. The van der Waals surface area contributed by atoms with E-state index >= 15 is 0 Å². The highest BCUT2D eigenvalue weighted by Crippen LogP contribution is 2.48. The van der Waals surface area contributed by atoms with Crippen LogP contribution < -0.4 is 15.0 Å². The topological polar surface area (TPSA) is 83.5 Å². The number of carbonyl (C=O) groups is 1. The van der Waals surface area contributed by atoms with Crippen LogP contribution >= 0.6 is 0 Å². The van der Waals surface area contributed by atoms with Crippen molar-refractivity contribution in [3.05, 3.63) is 65.6 Å². The van der Waals surface area contributed by atoms with Crippen LogP contribution in [-0.2, 0) is 11.6 Å². The number of carbonyl (C=O) groups excluding carboxylic acids is 1. The Labute approximate surface area is 243 Å². The number of nitrogens with one attached hydrogen (secondary N) is 1. The predicted molar refractivity (Wildman–Crippen MR) is 152 cm³/mol. The van der Waals surface area contributed by atoms with E-state index in [1.54, 1.807) is 11.1 Å². The highest BCUT2D eigenvalue weighted by Gasteiger charge is 2.52. The van der Waals surface area contributed by atoms with E-state index in [0.29, 0.717) is 62.0 Å². The second-order valence-electron chi connectivity index (χ2n) is 11.3. The molecule has 2 fully saturated rings. The van der Waals surface area contributed by atoms with Crippen LogP contribution in [0.15, 0.2) is 48.8 Å². The minimum Gasteiger partial charge on any atom is -0.477 e. The summed E-state index contributed by atoms with van der Waals surface area (Å²) in [6.07, 6.45) is 0.735. The van der Waals surface area contributed by atoms with Gasteiger partial charge in [-0.25, -0.2) is 15.0 Å². The van der Waals surface area contributed by atoms with E-state index in [1.165, 1.54) is 12.3 Å². The summed E-state index contributed by atoms with van der Waals surface area (Å²) in [5.41, 5.74) is 1.44. The van der Waals surface area contributed by atoms with Gasteiger partial charge < -0.3 is 19.9 Å². The third-order valence-electron chi connectivity index (χ3n) is 9.09. The van der Waals surface area contributed by atoms with Gasteiger partial charge in [0.1, 0.15) is 11.5 Å². The molecule has 3 aliphatic heterocycles. The van der Waals surface area contributed by atoms with E-state index in [0.717, 1.165) is 31.0 Å². The summed E-state index contributed by atoms with van der Waals surface area (Å²) in [7, 11) is 0. The largest absolute Gasteiger partial charge is 0.477 e. The zero-order valence-corrected chi connectivity index (χ0v) is 23.8. The maximum atomic E-state index is 14.1. The average Bonchev–Trinajstić information content (AvgIpc) is 3.54. The van der Waals surface area contributed by atoms with Gasteiger partial charge in [-0.2, -0.15) is 13.2 Å². The van der Waals surface area contributed by atoms with Gasteiger partial charge in [-0.1, -0.05) is 19.4 Å². The van der Waals surface area contributed by atoms with Crippen molar-refractivity contribution in [1.82, 2.24) is 25.2 Å². The summed E-state index contributed by atoms with van der Waals surface area (Å²) in [6, 6.07) is 10.1. The van der Waals surface area contributed by atoms with Crippen LogP contribution in [0, 0.1) is 5.92 Å². The molecule has 0 aromatic carbocycles. The number of piperidine rings is 1. The highest BCUT2D eigenvalue weighted by molar-refractivity contribution is 5.96. The first-order valence-corrected chi connectivity index (χ1v) is 14.7. The first-order valence-electron chi connectivity index (χ1n) is 14.7. The van der Waals surface area contributed by atoms with Gasteiger partial charge in [0.2, 0.25) is 5.88 Å². The smallest absolute Gasteiger partial charge is 0.419 e. The van der Waals surface area contributed by atoms with Crippen molar-refractivity contribution in [2.45, 2.75) is 50.7 Å². The molecule has 11 heteroatoms. The number of nitrogens with zero attached hydrogens (tertiary/aromatic N) is 5. The number of hydrogen-bond acceptors (Lipinski definition) is 7. The Balaban J connectivity index is 1.43. The molecule has 1 amide bonds. The molecule has 3 aromatic heterocycles. The Morgan fingerprint density at radius 3 is 2.67 bits per heavy atom. The molecule has 0 aliphatic carbocycles. The van der Waals surface area contributed by atoms with Crippen molar-refractivity contribution in [2.75, 3.05) is 44.2 Å². The number of anilines is 1. The Bertz CT molecular complexity index is 1460. The molecule has 42 heavy (non-hydrogen) atoms. The lowest BCUT2D eigenvalue weighted by Gasteiger charge is -2.53. The van der Waals surface area contributed by atoms with Gasteiger partial charge in [-0.05, 0) is 68.1 Å². The summed E-state index contributed by atoms with van der Waals surface area (Å²) >= 11 is 0. The fourth-order valence-electron chi connectivity index (χ4n) is 7.02. The van der Waals surface area contributed by atoms with Crippen molar-refractivity contribution in [3.8, 4) is 17.1 Å². The number of hydrogen-bond donors (Lipinski definition) is 1. The first-order chi connectivity index (χ1) is 20.3. The molecule has 0 radical (unpaired) electrons. The molecule has 3 aromatic rings. The number of aromatic nitrogens is 3. The molecule has 1 spiro atoms. The number of halogens is 3. The number of fused-ring (bicyclic) bond motifs is 2. The number of ether oxygens (including phenoxy) is 1. The SMILES string of the molecule is CCOc1ncccc1-c1ccc2c(n1)C(=O)N([C@@H]1CCNC1)CC21CCN(c2ncccc2C(F)(F)F)CC1CC. The second-order valence-corrected chi connectivity index (χ2v) is 11.3. The lowest BCUT2D eigenvalue weighted by Crippen LogP contribution is -2.61. The summed E-state index contributed by atoms with van der Waals surface area (Å²) in [5.74, 6) is 0.297. The zero-order chi connectivity index (χ0) is 29.5. The lowest BCUT2D eigenvalue weighted by atomic mass is 9.62. The van der Waals surface area contributed by atoms with E-state index in [9.17, 15) is 18.0 Å². The number of rotatable bonds is 6. The fourth-order valence-corrected chi connectivity index (χ4v) is 7.02. The third-order valence-corrected chi connectivity index (χ3v) is 9.09. The molecule has 2 unspecified atom stereocenters. The molecular formula is C31H35F3N6O2. The molecule has 3 aliphatic rings. The van der Waals surface area contributed by atoms with E-state index in [1.807, 2.05) is 36.1 Å². The second kappa shape index (κ2) is 11.2. The van der Waals surface area contributed by atoms with E-state index < -0.39 is 17.2 Å². The Morgan fingerprint density at radius 2 is 1.93 bits per heavy atom. The molecule has 2 saturated heterocycles. The summed E-state index contributed by atoms with van der Waals surface area (Å²) in [5, 5.41) is 3.38. The van der Waals surface area contributed by atoms with Gasteiger partial charge in [0.05, 0.1) is 23.4 Å². The monoisotopic (exact) mass is 580 g/mol. The minimum absolute atomic E-state index is 0.0249.